The fraction of sp³-hybridized carbons (Fsp3) is 0.500. The van der Waals surface area contributed by atoms with E-state index in [4.69, 9.17) is 0 Å². The van der Waals surface area contributed by atoms with Crippen molar-refractivity contribution in [1.29, 1.82) is 0 Å². The third-order valence-electron chi connectivity index (χ3n) is 7.46. The van der Waals surface area contributed by atoms with E-state index in [1.165, 1.54) is 23.0 Å². The van der Waals surface area contributed by atoms with E-state index in [9.17, 15) is 14.0 Å². The second-order valence-corrected chi connectivity index (χ2v) is 10.4. The minimum atomic E-state index is -0.618. The molecule has 0 bridgehead atoms. The average Bonchev–Trinajstić information content (AvgIpc) is 3.37. The standard InChI is InChI=1S/C26H32FN9O2/c27-18-13-28-11-9-19(18)34-26(38)22-14-30-24-21(31-15-3-4-15)12-23(35-36(22)24)32-16-5-7-17(8-6-16)33-25(37)20-2-1-10-29-20/h9,11-17,20,29,31H,1-8,10H2,(H,32,35)(H,33,37)(H,28,34,38)/t16?,17?,20-/m1/s1. The van der Waals surface area contributed by atoms with Gasteiger partial charge in [0.25, 0.3) is 5.91 Å². The molecule has 2 aliphatic carbocycles. The van der Waals surface area contributed by atoms with Gasteiger partial charge >= 0.3 is 0 Å². The number of halogens is 1. The van der Waals surface area contributed by atoms with Crippen molar-refractivity contribution in [2.24, 2.45) is 0 Å². The molecule has 3 aromatic heterocycles. The summed E-state index contributed by atoms with van der Waals surface area (Å²) in [5.74, 6) is -0.394. The molecule has 3 fully saturated rings. The van der Waals surface area contributed by atoms with Gasteiger partial charge in [0.05, 0.1) is 29.8 Å². The number of pyridine rings is 1. The van der Waals surface area contributed by atoms with E-state index in [2.05, 4.69) is 41.7 Å². The van der Waals surface area contributed by atoms with Crippen molar-refractivity contribution in [2.75, 3.05) is 22.5 Å². The number of imidazole rings is 1. The Morgan fingerprint density at radius 2 is 1.74 bits per heavy atom. The maximum atomic E-state index is 14.1. The molecule has 2 saturated carbocycles. The Morgan fingerprint density at radius 3 is 2.47 bits per heavy atom. The molecule has 0 spiro atoms. The first kappa shape index (κ1) is 24.5. The first-order valence-electron chi connectivity index (χ1n) is 13.4. The summed E-state index contributed by atoms with van der Waals surface area (Å²) in [6, 6.07) is 4.03. The zero-order valence-corrected chi connectivity index (χ0v) is 21.0. The second kappa shape index (κ2) is 10.5. The summed E-state index contributed by atoms with van der Waals surface area (Å²) >= 11 is 0. The number of hydrogen-bond acceptors (Lipinski definition) is 8. The Bertz CT molecular complexity index is 1330. The number of rotatable bonds is 8. The molecule has 12 heteroatoms. The number of carbonyl (C=O) groups excluding carboxylic acids is 2. The number of aromatic nitrogens is 4. The third-order valence-corrected chi connectivity index (χ3v) is 7.46. The second-order valence-electron chi connectivity index (χ2n) is 10.4. The molecule has 6 rings (SSSR count). The Hall–Kier alpha value is -3.80. The summed E-state index contributed by atoms with van der Waals surface area (Å²) in [5.41, 5.74) is 1.57. The fourth-order valence-electron chi connectivity index (χ4n) is 5.21. The lowest BCUT2D eigenvalue weighted by Crippen LogP contribution is -2.47. The Balaban J connectivity index is 1.16. The average molecular weight is 522 g/mol. The largest absolute Gasteiger partial charge is 0.379 e. The summed E-state index contributed by atoms with van der Waals surface area (Å²) in [5, 5.41) is 20.7. The molecule has 0 unspecified atom stereocenters. The molecule has 1 saturated heterocycles. The minimum absolute atomic E-state index is 0.0399. The number of carbonyl (C=O) groups is 2. The predicted molar refractivity (Wildman–Crippen MR) is 141 cm³/mol. The zero-order valence-electron chi connectivity index (χ0n) is 21.0. The summed E-state index contributed by atoms with van der Waals surface area (Å²) in [4.78, 5) is 33.7. The van der Waals surface area contributed by atoms with Crippen molar-refractivity contribution >= 4 is 34.7 Å². The number of fused-ring (bicyclic) bond motifs is 1. The highest BCUT2D eigenvalue weighted by molar-refractivity contribution is 6.03. The quantitative estimate of drug-likeness (QED) is 0.305. The van der Waals surface area contributed by atoms with Gasteiger partial charge in [-0.25, -0.2) is 13.9 Å². The van der Waals surface area contributed by atoms with E-state index in [-0.39, 0.29) is 35.4 Å². The highest BCUT2D eigenvalue weighted by Crippen LogP contribution is 2.30. The van der Waals surface area contributed by atoms with Crippen LogP contribution in [0.5, 0.6) is 0 Å². The number of nitrogens with zero attached hydrogens (tertiary/aromatic N) is 4. The molecule has 1 atom stereocenters. The van der Waals surface area contributed by atoms with Crippen LogP contribution >= 0.6 is 0 Å². The van der Waals surface area contributed by atoms with E-state index in [1.807, 2.05) is 6.07 Å². The zero-order chi connectivity index (χ0) is 26.1. The van der Waals surface area contributed by atoms with Crippen molar-refractivity contribution < 1.29 is 14.0 Å². The van der Waals surface area contributed by atoms with Gasteiger partial charge in [-0.2, -0.15) is 0 Å². The predicted octanol–water partition coefficient (Wildman–Crippen LogP) is 2.68. The van der Waals surface area contributed by atoms with Crippen LogP contribution in [0.2, 0.25) is 0 Å². The number of anilines is 3. The molecule has 38 heavy (non-hydrogen) atoms. The molecule has 4 heterocycles. The number of hydrogen-bond donors (Lipinski definition) is 5. The molecule has 0 aromatic carbocycles. The van der Waals surface area contributed by atoms with E-state index >= 15 is 0 Å². The van der Waals surface area contributed by atoms with Gasteiger partial charge in [0.2, 0.25) is 5.91 Å². The van der Waals surface area contributed by atoms with Gasteiger partial charge in [-0.15, -0.1) is 5.10 Å². The van der Waals surface area contributed by atoms with Crippen molar-refractivity contribution in [3.05, 3.63) is 42.2 Å². The first-order chi connectivity index (χ1) is 18.5. The van der Waals surface area contributed by atoms with Gasteiger partial charge in [-0.05, 0) is 64.0 Å². The lowest BCUT2D eigenvalue weighted by Gasteiger charge is -2.30. The number of amides is 2. The maximum absolute atomic E-state index is 14.1. The molecular weight excluding hydrogens is 489 g/mol. The van der Waals surface area contributed by atoms with Gasteiger partial charge in [0.1, 0.15) is 5.82 Å². The summed E-state index contributed by atoms with van der Waals surface area (Å²) in [7, 11) is 0. The van der Waals surface area contributed by atoms with Crippen LogP contribution in [-0.2, 0) is 4.79 Å². The van der Waals surface area contributed by atoms with E-state index < -0.39 is 11.7 Å². The van der Waals surface area contributed by atoms with Gasteiger partial charge in [-0.1, -0.05) is 0 Å². The van der Waals surface area contributed by atoms with Crippen LogP contribution < -0.4 is 26.6 Å². The lowest BCUT2D eigenvalue weighted by molar-refractivity contribution is -0.123. The molecule has 11 nitrogen and oxygen atoms in total. The van der Waals surface area contributed by atoms with Crippen molar-refractivity contribution in [2.45, 2.75) is 75.5 Å². The Kier molecular flexibility index (Phi) is 6.79. The molecular formula is C26H32FN9O2. The molecule has 1 aliphatic heterocycles. The molecule has 0 radical (unpaired) electrons. The summed E-state index contributed by atoms with van der Waals surface area (Å²) in [6.07, 6.45) is 11.6. The minimum Gasteiger partial charge on any atom is -0.379 e. The molecule has 3 aliphatic rings. The molecule has 200 valence electrons. The lowest BCUT2D eigenvalue weighted by atomic mass is 9.91. The summed E-state index contributed by atoms with van der Waals surface area (Å²) < 4.78 is 15.6. The topological polar surface area (TPSA) is 137 Å². The smallest absolute Gasteiger partial charge is 0.276 e. The monoisotopic (exact) mass is 521 g/mol. The van der Waals surface area contributed by atoms with E-state index in [0.717, 1.165) is 69.8 Å². The maximum Gasteiger partial charge on any atom is 0.276 e. The SMILES string of the molecule is O=C(Nc1ccncc1F)c1cnc2c(NC3CC3)cc(NC3CCC(NC(=O)[C@H]4CCCN4)CC3)nn12. The number of nitrogens with one attached hydrogen (secondary N) is 5. The van der Waals surface area contributed by atoms with E-state index in [0.29, 0.717) is 17.5 Å². The van der Waals surface area contributed by atoms with Crippen molar-refractivity contribution in [3.63, 3.8) is 0 Å². The van der Waals surface area contributed by atoms with Gasteiger partial charge in [-0.3, -0.25) is 14.6 Å². The van der Waals surface area contributed by atoms with Crippen LogP contribution in [0.15, 0.2) is 30.7 Å². The molecule has 3 aromatic rings. The van der Waals surface area contributed by atoms with Crippen molar-refractivity contribution in [1.82, 2.24) is 30.2 Å². The van der Waals surface area contributed by atoms with Crippen LogP contribution in [0.3, 0.4) is 0 Å². The van der Waals surface area contributed by atoms with E-state index in [1.54, 1.807) is 0 Å². The van der Waals surface area contributed by atoms with Crippen molar-refractivity contribution in [3.8, 4) is 0 Å². The third kappa shape index (κ3) is 5.40. The molecule has 2 amide bonds. The van der Waals surface area contributed by atoms with Crippen LogP contribution in [-0.4, -0.2) is 62.1 Å². The van der Waals surface area contributed by atoms with Gasteiger partial charge < -0.3 is 26.6 Å². The van der Waals surface area contributed by atoms with Crippen LogP contribution in [0.25, 0.3) is 5.65 Å². The Morgan fingerprint density at radius 1 is 0.974 bits per heavy atom. The normalized spacial score (nSPS) is 23.2. The molecule has 5 N–H and O–H groups in total. The van der Waals surface area contributed by atoms with Crippen LogP contribution in [0.1, 0.15) is 61.9 Å². The van der Waals surface area contributed by atoms with Gasteiger partial charge in [0.15, 0.2) is 17.2 Å². The highest BCUT2D eigenvalue weighted by atomic mass is 19.1. The van der Waals surface area contributed by atoms with Gasteiger partial charge in [0, 0.05) is 30.4 Å². The first-order valence-corrected chi connectivity index (χ1v) is 13.4. The van der Waals surface area contributed by atoms with Crippen LogP contribution in [0.4, 0.5) is 21.6 Å². The Labute approximate surface area is 219 Å². The highest BCUT2D eigenvalue weighted by Gasteiger charge is 2.28. The fourth-order valence-corrected chi connectivity index (χ4v) is 5.21. The van der Waals surface area contributed by atoms with Crippen LogP contribution in [0, 0.1) is 5.82 Å². The summed E-state index contributed by atoms with van der Waals surface area (Å²) in [6.45, 7) is 0.907.